The molecule has 0 saturated heterocycles. The highest BCUT2D eigenvalue weighted by molar-refractivity contribution is 5.61. The lowest BCUT2D eigenvalue weighted by Crippen LogP contribution is -2.09. The first-order chi connectivity index (χ1) is 11.9. The van der Waals surface area contributed by atoms with E-state index in [4.69, 9.17) is 0 Å². The summed E-state index contributed by atoms with van der Waals surface area (Å²) in [6.07, 6.45) is 5.91. The Hall–Kier alpha value is -3.02. The van der Waals surface area contributed by atoms with E-state index in [1.165, 1.54) is 12.8 Å². The maximum Gasteiger partial charge on any atom is 0.225 e. The number of nitrogens with zero attached hydrogens (tertiary/aromatic N) is 4. The second-order valence-electron chi connectivity index (χ2n) is 5.77. The zero-order chi connectivity index (χ0) is 16.2. The van der Waals surface area contributed by atoms with Gasteiger partial charge in [0.2, 0.25) is 5.95 Å². The van der Waals surface area contributed by atoms with Crippen LogP contribution in [-0.2, 0) is 6.54 Å². The Labute approximate surface area is 140 Å². The third-order valence-electron chi connectivity index (χ3n) is 3.74. The molecule has 0 amide bonds. The molecule has 24 heavy (non-hydrogen) atoms. The van der Waals surface area contributed by atoms with Crippen LogP contribution in [0.1, 0.15) is 18.5 Å². The number of aromatic nitrogens is 4. The van der Waals surface area contributed by atoms with Crippen molar-refractivity contribution < 1.29 is 0 Å². The first-order valence-electron chi connectivity index (χ1n) is 8.08. The first kappa shape index (κ1) is 14.6. The van der Waals surface area contributed by atoms with Crippen LogP contribution in [0.4, 0.5) is 11.8 Å². The molecule has 0 atom stereocenters. The number of hydrogen-bond donors (Lipinski definition) is 2. The minimum Gasteiger partial charge on any atom is -0.364 e. The zero-order valence-corrected chi connectivity index (χ0v) is 13.2. The second kappa shape index (κ2) is 6.62. The SMILES string of the molecule is c1ccc(CNc2cc(-c3ccccn3)nc(NC3CC3)n2)nc1. The number of pyridine rings is 2. The van der Waals surface area contributed by atoms with Crippen LogP contribution in [-0.4, -0.2) is 26.0 Å². The fourth-order valence-electron chi connectivity index (χ4n) is 2.34. The largest absolute Gasteiger partial charge is 0.364 e. The van der Waals surface area contributed by atoms with Crippen LogP contribution in [0, 0.1) is 0 Å². The predicted octanol–water partition coefficient (Wildman–Crippen LogP) is 3.12. The molecule has 3 aromatic rings. The molecular formula is C18H18N6. The molecule has 1 fully saturated rings. The fourth-order valence-corrected chi connectivity index (χ4v) is 2.34. The van der Waals surface area contributed by atoms with Crippen molar-refractivity contribution in [2.45, 2.75) is 25.4 Å². The van der Waals surface area contributed by atoms with Gasteiger partial charge in [-0.25, -0.2) is 4.98 Å². The molecule has 2 N–H and O–H groups in total. The average Bonchev–Trinajstić information content (AvgIpc) is 3.45. The predicted molar refractivity (Wildman–Crippen MR) is 93.5 cm³/mol. The molecule has 0 radical (unpaired) electrons. The Morgan fingerprint density at radius 3 is 2.46 bits per heavy atom. The van der Waals surface area contributed by atoms with Crippen LogP contribution in [0.25, 0.3) is 11.4 Å². The molecule has 3 heterocycles. The number of nitrogens with one attached hydrogen (secondary N) is 2. The van der Waals surface area contributed by atoms with E-state index in [1.807, 2.05) is 42.5 Å². The third kappa shape index (κ3) is 3.65. The summed E-state index contributed by atoms with van der Waals surface area (Å²) in [6.45, 7) is 0.613. The molecule has 6 heteroatoms. The summed E-state index contributed by atoms with van der Waals surface area (Å²) in [7, 11) is 0. The van der Waals surface area contributed by atoms with Gasteiger partial charge >= 0.3 is 0 Å². The van der Waals surface area contributed by atoms with Gasteiger partial charge in [0.05, 0.1) is 23.6 Å². The van der Waals surface area contributed by atoms with E-state index >= 15 is 0 Å². The van der Waals surface area contributed by atoms with Gasteiger partial charge in [0.15, 0.2) is 0 Å². The van der Waals surface area contributed by atoms with Gasteiger partial charge in [0.25, 0.3) is 0 Å². The molecule has 6 nitrogen and oxygen atoms in total. The first-order valence-corrected chi connectivity index (χ1v) is 8.08. The summed E-state index contributed by atoms with van der Waals surface area (Å²) >= 11 is 0. The summed E-state index contributed by atoms with van der Waals surface area (Å²) in [5, 5.41) is 6.68. The van der Waals surface area contributed by atoms with Gasteiger partial charge in [-0.2, -0.15) is 4.98 Å². The highest BCUT2D eigenvalue weighted by Crippen LogP contribution is 2.25. The zero-order valence-electron chi connectivity index (χ0n) is 13.2. The molecule has 3 aromatic heterocycles. The smallest absolute Gasteiger partial charge is 0.225 e. The molecule has 0 bridgehead atoms. The molecular weight excluding hydrogens is 300 g/mol. The van der Waals surface area contributed by atoms with Crippen LogP contribution < -0.4 is 10.6 Å². The van der Waals surface area contributed by atoms with Crippen molar-refractivity contribution in [3.05, 3.63) is 60.6 Å². The van der Waals surface area contributed by atoms with Crippen LogP contribution in [0.3, 0.4) is 0 Å². The Morgan fingerprint density at radius 2 is 1.75 bits per heavy atom. The third-order valence-corrected chi connectivity index (χ3v) is 3.74. The Kier molecular flexibility index (Phi) is 4.02. The van der Waals surface area contributed by atoms with Crippen molar-refractivity contribution in [3.63, 3.8) is 0 Å². The second-order valence-corrected chi connectivity index (χ2v) is 5.77. The molecule has 4 rings (SSSR count). The molecule has 0 spiro atoms. The van der Waals surface area contributed by atoms with Crippen molar-refractivity contribution in [1.29, 1.82) is 0 Å². The molecule has 1 aliphatic carbocycles. The molecule has 0 aliphatic heterocycles. The van der Waals surface area contributed by atoms with Gasteiger partial charge in [-0.3, -0.25) is 9.97 Å². The summed E-state index contributed by atoms with van der Waals surface area (Å²) in [5.74, 6) is 1.41. The van der Waals surface area contributed by atoms with Gasteiger partial charge in [-0.15, -0.1) is 0 Å². The topological polar surface area (TPSA) is 75.6 Å². The van der Waals surface area contributed by atoms with E-state index in [9.17, 15) is 0 Å². The van der Waals surface area contributed by atoms with Crippen molar-refractivity contribution in [2.24, 2.45) is 0 Å². The van der Waals surface area contributed by atoms with Crippen LogP contribution in [0.15, 0.2) is 54.9 Å². The Bertz CT molecular complexity index is 802. The molecule has 1 aliphatic rings. The summed E-state index contributed by atoms with van der Waals surface area (Å²) in [6, 6.07) is 14.1. The van der Waals surface area contributed by atoms with E-state index in [2.05, 4.69) is 30.6 Å². The van der Waals surface area contributed by atoms with Crippen molar-refractivity contribution in [3.8, 4) is 11.4 Å². The number of rotatable bonds is 6. The van der Waals surface area contributed by atoms with E-state index in [1.54, 1.807) is 12.4 Å². The number of anilines is 2. The van der Waals surface area contributed by atoms with Crippen molar-refractivity contribution >= 4 is 11.8 Å². The lowest BCUT2D eigenvalue weighted by atomic mass is 10.2. The summed E-state index contributed by atoms with van der Waals surface area (Å²) < 4.78 is 0. The van der Waals surface area contributed by atoms with Crippen molar-refractivity contribution in [1.82, 2.24) is 19.9 Å². The average molecular weight is 318 g/mol. The van der Waals surface area contributed by atoms with Crippen LogP contribution in [0.2, 0.25) is 0 Å². The van der Waals surface area contributed by atoms with Gasteiger partial charge in [-0.1, -0.05) is 12.1 Å². The van der Waals surface area contributed by atoms with Crippen molar-refractivity contribution in [2.75, 3.05) is 10.6 Å². The van der Waals surface area contributed by atoms with Gasteiger partial charge in [0.1, 0.15) is 5.82 Å². The van der Waals surface area contributed by atoms with Crippen LogP contribution >= 0.6 is 0 Å². The van der Waals surface area contributed by atoms with E-state index < -0.39 is 0 Å². The maximum atomic E-state index is 4.60. The Balaban J connectivity index is 1.59. The highest BCUT2D eigenvalue weighted by Gasteiger charge is 2.22. The maximum absolute atomic E-state index is 4.60. The van der Waals surface area contributed by atoms with Gasteiger partial charge in [0, 0.05) is 24.5 Å². The number of hydrogen-bond acceptors (Lipinski definition) is 6. The monoisotopic (exact) mass is 318 g/mol. The lowest BCUT2D eigenvalue weighted by Gasteiger charge is -2.10. The fraction of sp³-hybridized carbons (Fsp3) is 0.222. The highest BCUT2D eigenvalue weighted by atomic mass is 15.2. The quantitative estimate of drug-likeness (QED) is 0.727. The molecule has 1 saturated carbocycles. The summed E-state index contributed by atoms with van der Waals surface area (Å²) in [5.41, 5.74) is 2.60. The molecule has 120 valence electrons. The van der Waals surface area contributed by atoms with Gasteiger partial charge in [-0.05, 0) is 37.1 Å². The van der Waals surface area contributed by atoms with Crippen LogP contribution in [0.5, 0.6) is 0 Å². The van der Waals surface area contributed by atoms with Gasteiger partial charge < -0.3 is 10.6 Å². The molecule has 0 unspecified atom stereocenters. The molecule has 0 aromatic carbocycles. The summed E-state index contributed by atoms with van der Waals surface area (Å²) in [4.78, 5) is 17.9. The minimum absolute atomic E-state index is 0.493. The minimum atomic E-state index is 0.493. The van der Waals surface area contributed by atoms with E-state index in [0.717, 1.165) is 22.9 Å². The standard InChI is InChI=1S/C18H18N6/c1-3-9-19-14(5-1)12-21-17-11-16(15-6-2-4-10-20-15)23-18(24-17)22-13-7-8-13/h1-6,9-11,13H,7-8,12H2,(H2,21,22,23,24). The van der Waals surface area contributed by atoms with E-state index in [-0.39, 0.29) is 0 Å². The lowest BCUT2D eigenvalue weighted by molar-refractivity contribution is 1.01. The Morgan fingerprint density at radius 1 is 0.917 bits per heavy atom. The normalized spacial score (nSPS) is 13.5. The van der Waals surface area contributed by atoms with E-state index in [0.29, 0.717) is 18.5 Å².